The zero-order valence-corrected chi connectivity index (χ0v) is 5.96. The minimum atomic E-state index is 0.328. The van der Waals surface area contributed by atoms with Gasteiger partial charge in [0.2, 0.25) is 0 Å². The fourth-order valence-corrected chi connectivity index (χ4v) is 0.357. The molecule has 0 fully saturated rings. The molecule has 8 heavy (non-hydrogen) atoms. The van der Waals surface area contributed by atoms with Crippen molar-refractivity contribution in [1.82, 2.24) is 0 Å². The second kappa shape index (κ2) is 3.81. The number of hydrogen-bond donors (Lipinski definition) is 0. The fourth-order valence-electron chi connectivity index (χ4n) is 0.158. The molecule has 0 aliphatic heterocycles. The smallest absolute Gasteiger partial charge is 0.131 e. The molecule has 0 saturated carbocycles. The Morgan fingerprint density at radius 3 is 2.38 bits per heavy atom. The maximum absolute atomic E-state index is 5.42. The fraction of sp³-hybridized carbons (Fsp3) is 0.200. The Bertz CT molecular complexity index is 118. The third kappa shape index (κ3) is 2.24. The molecule has 3 heteroatoms. The summed E-state index contributed by atoms with van der Waals surface area (Å²) >= 11 is 10.6. The highest BCUT2D eigenvalue weighted by Crippen LogP contribution is 2.13. The van der Waals surface area contributed by atoms with Gasteiger partial charge in [-0.25, -0.2) is 0 Å². The second-order valence-corrected chi connectivity index (χ2v) is 1.71. The van der Waals surface area contributed by atoms with Crippen molar-refractivity contribution in [2.45, 2.75) is 0 Å². The molecule has 0 aromatic rings. The van der Waals surface area contributed by atoms with E-state index in [0.29, 0.717) is 10.8 Å². The Morgan fingerprint density at radius 1 is 1.75 bits per heavy atom. The van der Waals surface area contributed by atoms with Crippen LogP contribution in [-0.4, -0.2) is 7.11 Å². The molecular formula is C5H6Cl2O. The zero-order valence-electron chi connectivity index (χ0n) is 4.45. The van der Waals surface area contributed by atoms with Crippen LogP contribution in [0.3, 0.4) is 0 Å². The molecule has 0 heterocycles. The van der Waals surface area contributed by atoms with E-state index in [1.54, 1.807) is 0 Å². The third-order valence-electron chi connectivity index (χ3n) is 0.609. The van der Waals surface area contributed by atoms with Gasteiger partial charge < -0.3 is 4.74 Å². The van der Waals surface area contributed by atoms with Crippen LogP contribution < -0.4 is 0 Å². The summed E-state index contributed by atoms with van der Waals surface area (Å²) in [6, 6.07) is 0. The lowest BCUT2D eigenvalue weighted by molar-refractivity contribution is 0.307. The van der Waals surface area contributed by atoms with E-state index in [4.69, 9.17) is 23.2 Å². The Labute approximate surface area is 58.5 Å². The lowest BCUT2D eigenvalue weighted by Crippen LogP contribution is -1.80. The number of ether oxygens (including phenoxy) is 1. The predicted octanol–water partition coefficient (Wildman–Crippen LogP) is 2.47. The average molecular weight is 153 g/mol. The Morgan fingerprint density at radius 2 is 2.25 bits per heavy atom. The van der Waals surface area contributed by atoms with Gasteiger partial charge in [-0.3, -0.25) is 0 Å². The van der Waals surface area contributed by atoms with Crippen molar-refractivity contribution in [2.75, 3.05) is 7.11 Å². The van der Waals surface area contributed by atoms with Crippen molar-refractivity contribution in [3.05, 3.63) is 22.9 Å². The van der Waals surface area contributed by atoms with Gasteiger partial charge in [-0.15, -0.1) is 0 Å². The van der Waals surface area contributed by atoms with Crippen molar-refractivity contribution in [3.63, 3.8) is 0 Å². The van der Waals surface area contributed by atoms with E-state index in [-0.39, 0.29) is 0 Å². The topological polar surface area (TPSA) is 9.23 Å². The highest BCUT2D eigenvalue weighted by molar-refractivity contribution is 6.38. The van der Waals surface area contributed by atoms with Gasteiger partial charge in [-0.1, -0.05) is 29.8 Å². The maximum atomic E-state index is 5.42. The summed E-state index contributed by atoms with van der Waals surface area (Å²) < 4.78 is 4.62. The second-order valence-electron chi connectivity index (χ2n) is 1.08. The van der Waals surface area contributed by atoms with Crippen LogP contribution in [0, 0.1) is 0 Å². The molecule has 0 saturated heterocycles. The number of hydrogen-bond acceptors (Lipinski definition) is 1. The first-order valence-corrected chi connectivity index (χ1v) is 2.73. The van der Waals surface area contributed by atoms with E-state index in [0.717, 1.165) is 0 Å². The summed E-state index contributed by atoms with van der Waals surface area (Å²) in [5.41, 5.74) is 1.20. The largest absolute Gasteiger partial charge is 0.496 e. The van der Waals surface area contributed by atoms with E-state index in [1.807, 2.05) is 0 Å². The summed E-state index contributed by atoms with van der Waals surface area (Å²) in [6.45, 7) is 3.44. The molecule has 0 aromatic heterocycles. The molecule has 46 valence electrons. The van der Waals surface area contributed by atoms with Gasteiger partial charge in [-0.2, -0.15) is 0 Å². The number of halogens is 2. The third-order valence-corrected chi connectivity index (χ3v) is 1.26. The van der Waals surface area contributed by atoms with E-state index in [9.17, 15) is 0 Å². The van der Waals surface area contributed by atoms with Crippen LogP contribution in [0.25, 0.3) is 0 Å². The van der Waals surface area contributed by atoms with Gasteiger partial charge in [0, 0.05) is 5.54 Å². The molecule has 0 atom stereocenters. The number of rotatable bonds is 2. The first kappa shape index (κ1) is 7.86. The van der Waals surface area contributed by atoms with Gasteiger partial charge in [-0.05, 0) is 0 Å². The summed E-state index contributed by atoms with van der Waals surface area (Å²) in [5, 5.41) is 0.328. The highest BCUT2D eigenvalue weighted by Gasteiger charge is 1.93. The summed E-state index contributed by atoms with van der Waals surface area (Å²) in [4.78, 5) is 0. The molecule has 0 rings (SSSR count). The van der Waals surface area contributed by atoms with Crippen molar-refractivity contribution in [1.29, 1.82) is 0 Å². The summed E-state index contributed by atoms with van der Waals surface area (Å²) in [7, 11) is 1.48. The van der Waals surface area contributed by atoms with Gasteiger partial charge in [0.25, 0.3) is 0 Å². The Kier molecular flexibility index (Phi) is 3.75. The first-order chi connectivity index (χ1) is 3.72. The molecule has 0 radical (unpaired) electrons. The monoisotopic (exact) mass is 152 g/mol. The van der Waals surface area contributed by atoms with Crippen LogP contribution >= 0.6 is 23.2 Å². The molecule has 0 amide bonds. The van der Waals surface area contributed by atoms with Crippen LogP contribution in [0.4, 0.5) is 0 Å². The lowest BCUT2D eigenvalue weighted by atomic mass is 10.5. The summed E-state index contributed by atoms with van der Waals surface area (Å²) in [5.74, 6) is 0.377. The van der Waals surface area contributed by atoms with Gasteiger partial charge in [0.15, 0.2) is 0 Å². The standard InChI is InChI=1S/C5H6Cl2O/c1-4(8-2)5(7)3-6/h3H,1H2,2H3. The molecule has 0 aromatic carbocycles. The molecular weight excluding hydrogens is 147 g/mol. The van der Waals surface area contributed by atoms with Gasteiger partial charge in [0.05, 0.1) is 12.1 Å². The van der Waals surface area contributed by atoms with Crippen molar-refractivity contribution in [3.8, 4) is 0 Å². The van der Waals surface area contributed by atoms with Crippen LogP contribution in [0.2, 0.25) is 0 Å². The van der Waals surface area contributed by atoms with Crippen molar-refractivity contribution < 1.29 is 4.74 Å². The first-order valence-electron chi connectivity index (χ1n) is 1.91. The number of methoxy groups -OCH3 is 1. The predicted molar refractivity (Wildman–Crippen MR) is 35.9 cm³/mol. The molecule has 1 nitrogen and oxygen atoms in total. The van der Waals surface area contributed by atoms with E-state index < -0.39 is 0 Å². The minimum absolute atomic E-state index is 0.328. The van der Waals surface area contributed by atoms with E-state index >= 15 is 0 Å². The van der Waals surface area contributed by atoms with E-state index in [1.165, 1.54) is 12.6 Å². The van der Waals surface area contributed by atoms with E-state index in [2.05, 4.69) is 11.3 Å². The Balaban J connectivity index is 3.83. The van der Waals surface area contributed by atoms with Crippen LogP contribution in [0.15, 0.2) is 22.9 Å². The molecule has 0 aliphatic rings. The normalized spacial score (nSPS) is 11.1. The zero-order chi connectivity index (χ0) is 6.57. The minimum Gasteiger partial charge on any atom is -0.496 e. The molecule has 0 bridgehead atoms. The molecule has 0 aliphatic carbocycles. The van der Waals surface area contributed by atoms with Crippen LogP contribution in [0.5, 0.6) is 0 Å². The van der Waals surface area contributed by atoms with Crippen LogP contribution in [-0.2, 0) is 4.74 Å². The van der Waals surface area contributed by atoms with Gasteiger partial charge in [0.1, 0.15) is 5.76 Å². The molecule has 0 spiro atoms. The average Bonchev–Trinajstić information content (AvgIpc) is 1.84. The SMILES string of the molecule is C=C(OC)C(Cl)=CCl. The summed E-state index contributed by atoms with van der Waals surface area (Å²) in [6.07, 6.45) is 0. The maximum Gasteiger partial charge on any atom is 0.131 e. The number of allylic oxidation sites excluding steroid dienone is 1. The van der Waals surface area contributed by atoms with Crippen LogP contribution in [0.1, 0.15) is 0 Å². The Hall–Kier alpha value is -0.140. The molecule has 0 N–H and O–H groups in total. The lowest BCUT2D eigenvalue weighted by Gasteiger charge is -1.97. The highest BCUT2D eigenvalue weighted by atomic mass is 35.5. The molecule has 0 unspecified atom stereocenters. The van der Waals surface area contributed by atoms with Crippen molar-refractivity contribution in [2.24, 2.45) is 0 Å². The van der Waals surface area contributed by atoms with Gasteiger partial charge >= 0.3 is 0 Å². The quantitative estimate of drug-likeness (QED) is 0.437. The van der Waals surface area contributed by atoms with Crippen molar-refractivity contribution >= 4 is 23.2 Å².